The minimum absolute atomic E-state index is 0.00783. The van der Waals surface area contributed by atoms with Gasteiger partial charge in [0.2, 0.25) is 11.8 Å². The van der Waals surface area contributed by atoms with E-state index in [1.807, 2.05) is 59.5 Å². The first-order valence-corrected chi connectivity index (χ1v) is 11.6. The molecule has 2 aromatic carbocycles. The third kappa shape index (κ3) is 5.31. The van der Waals surface area contributed by atoms with Gasteiger partial charge in [0, 0.05) is 51.0 Å². The molecule has 170 valence electrons. The fourth-order valence-electron chi connectivity index (χ4n) is 4.60. The van der Waals surface area contributed by atoms with Crippen LogP contribution in [-0.2, 0) is 26.3 Å². The molecule has 1 N–H and O–H groups in total. The van der Waals surface area contributed by atoms with Crippen molar-refractivity contribution < 1.29 is 14.3 Å². The monoisotopic (exact) mass is 455 g/mol. The highest BCUT2D eigenvalue weighted by Gasteiger charge is 2.44. The maximum absolute atomic E-state index is 13.7. The van der Waals surface area contributed by atoms with Gasteiger partial charge in [-0.1, -0.05) is 54.1 Å². The maximum Gasteiger partial charge on any atom is 0.234 e. The lowest BCUT2D eigenvalue weighted by Gasteiger charge is -2.43. The molecule has 0 saturated carbocycles. The highest BCUT2D eigenvalue weighted by atomic mass is 35.5. The third-order valence-electron chi connectivity index (χ3n) is 6.49. The van der Waals surface area contributed by atoms with Crippen molar-refractivity contribution in [2.45, 2.75) is 24.8 Å². The fourth-order valence-corrected chi connectivity index (χ4v) is 4.79. The molecular formula is C25H30ClN3O3. The molecule has 2 fully saturated rings. The van der Waals surface area contributed by atoms with Gasteiger partial charge in [-0.15, -0.1) is 0 Å². The maximum atomic E-state index is 13.7. The quantitative estimate of drug-likeness (QED) is 0.727. The lowest BCUT2D eigenvalue weighted by Crippen LogP contribution is -2.56. The Hall–Kier alpha value is -2.41. The van der Waals surface area contributed by atoms with Gasteiger partial charge in [0.05, 0.1) is 12.0 Å². The number of hydrogen-bond donors (Lipinski definition) is 1. The van der Waals surface area contributed by atoms with Crippen molar-refractivity contribution in [3.8, 4) is 0 Å². The van der Waals surface area contributed by atoms with Crippen LogP contribution in [0.2, 0.25) is 5.02 Å². The highest BCUT2D eigenvalue weighted by molar-refractivity contribution is 6.30. The molecule has 0 bridgehead atoms. The van der Waals surface area contributed by atoms with Gasteiger partial charge < -0.3 is 15.0 Å². The predicted molar refractivity (Wildman–Crippen MR) is 124 cm³/mol. The summed E-state index contributed by atoms with van der Waals surface area (Å²) < 4.78 is 5.57. The average molecular weight is 456 g/mol. The molecule has 32 heavy (non-hydrogen) atoms. The minimum atomic E-state index is -0.585. The normalized spacial score (nSPS) is 18.8. The van der Waals surface area contributed by atoms with E-state index in [2.05, 4.69) is 10.2 Å². The first kappa shape index (κ1) is 22.8. The second-order valence-electron chi connectivity index (χ2n) is 8.54. The van der Waals surface area contributed by atoms with Gasteiger partial charge in [-0.2, -0.15) is 0 Å². The molecule has 6 nitrogen and oxygen atoms in total. The Morgan fingerprint density at radius 2 is 1.69 bits per heavy atom. The highest BCUT2D eigenvalue weighted by Crippen LogP contribution is 2.38. The number of halogens is 1. The standard InChI is InChI=1S/C25H30ClN3O3/c26-22-8-4-7-21(17-22)25(9-15-32-16-10-25)24(31)29-13-11-28(12-14-29)19-23(30)27-18-20-5-2-1-3-6-20/h1-8,17H,9-16,18-19H2,(H,27,30). The summed E-state index contributed by atoms with van der Waals surface area (Å²) in [6, 6.07) is 17.5. The van der Waals surface area contributed by atoms with Crippen molar-refractivity contribution in [1.82, 2.24) is 15.1 Å². The number of amides is 2. The third-order valence-corrected chi connectivity index (χ3v) is 6.73. The summed E-state index contributed by atoms with van der Waals surface area (Å²) in [5.74, 6) is 0.157. The molecule has 2 aromatic rings. The number of carbonyl (C=O) groups is 2. The molecular weight excluding hydrogens is 426 g/mol. The number of nitrogens with one attached hydrogen (secondary N) is 1. The van der Waals surface area contributed by atoms with Gasteiger partial charge in [-0.3, -0.25) is 14.5 Å². The zero-order chi connectivity index (χ0) is 22.4. The predicted octanol–water partition coefficient (Wildman–Crippen LogP) is 2.85. The molecule has 0 aromatic heterocycles. The van der Waals surface area contributed by atoms with Crippen molar-refractivity contribution in [1.29, 1.82) is 0 Å². The number of nitrogens with zero attached hydrogens (tertiary/aromatic N) is 2. The van der Waals surface area contributed by atoms with Crippen molar-refractivity contribution in [3.63, 3.8) is 0 Å². The Labute approximate surface area is 194 Å². The molecule has 2 heterocycles. The Bertz CT molecular complexity index is 923. The van der Waals surface area contributed by atoms with E-state index in [1.165, 1.54) is 0 Å². The SMILES string of the molecule is O=C(CN1CCN(C(=O)C2(c3cccc(Cl)c3)CCOCC2)CC1)NCc1ccccc1. The van der Waals surface area contributed by atoms with E-state index in [1.54, 1.807) is 0 Å². The number of rotatable bonds is 6. The summed E-state index contributed by atoms with van der Waals surface area (Å²) in [5, 5.41) is 3.62. The van der Waals surface area contributed by atoms with Crippen molar-refractivity contribution in [2.75, 3.05) is 45.9 Å². The van der Waals surface area contributed by atoms with Crippen LogP contribution in [0.5, 0.6) is 0 Å². The van der Waals surface area contributed by atoms with Crippen molar-refractivity contribution >= 4 is 23.4 Å². The van der Waals surface area contributed by atoms with E-state index < -0.39 is 5.41 Å². The minimum Gasteiger partial charge on any atom is -0.381 e. The summed E-state index contributed by atoms with van der Waals surface area (Å²) in [5.41, 5.74) is 1.47. The van der Waals surface area contributed by atoms with Gasteiger partial charge in [-0.25, -0.2) is 0 Å². The number of benzene rings is 2. The van der Waals surface area contributed by atoms with E-state index in [0.29, 0.717) is 70.3 Å². The number of piperazine rings is 1. The molecule has 7 heteroatoms. The first-order chi connectivity index (χ1) is 15.6. The average Bonchev–Trinajstić information content (AvgIpc) is 2.84. The van der Waals surface area contributed by atoms with E-state index in [9.17, 15) is 9.59 Å². The van der Waals surface area contributed by atoms with Crippen LogP contribution in [0, 0.1) is 0 Å². The van der Waals surface area contributed by atoms with Crippen LogP contribution in [0.25, 0.3) is 0 Å². The summed E-state index contributed by atoms with van der Waals surface area (Å²) in [7, 11) is 0. The molecule has 0 spiro atoms. The van der Waals surface area contributed by atoms with Crippen LogP contribution in [0.4, 0.5) is 0 Å². The Morgan fingerprint density at radius 3 is 2.38 bits per heavy atom. The Morgan fingerprint density at radius 1 is 0.969 bits per heavy atom. The first-order valence-electron chi connectivity index (χ1n) is 11.2. The van der Waals surface area contributed by atoms with Gasteiger partial charge >= 0.3 is 0 Å². The smallest absolute Gasteiger partial charge is 0.234 e. The number of hydrogen-bond acceptors (Lipinski definition) is 4. The topological polar surface area (TPSA) is 61.9 Å². The van der Waals surface area contributed by atoms with Crippen molar-refractivity contribution in [2.24, 2.45) is 0 Å². The largest absolute Gasteiger partial charge is 0.381 e. The van der Waals surface area contributed by atoms with E-state index in [-0.39, 0.29) is 11.8 Å². The Balaban J connectivity index is 1.33. The van der Waals surface area contributed by atoms with Crippen LogP contribution >= 0.6 is 11.6 Å². The van der Waals surface area contributed by atoms with Crippen LogP contribution < -0.4 is 5.32 Å². The summed E-state index contributed by atoms with van der Waals surface area (Å²) in [4.78, 5) is 30.1. The number of carbonyl (C=O) groups excluding carboxylic acids is 2. The molecule has 2 aliphatic heterocycles. The molecule has 2 saturated heterocycles. The lowest BCUT2D eigenvalue weighted by molar-refractivity contribution is -0.143. The molecule has 0 atom stereocenters. The summed E-state index contributed by atoms with van der Waals surface area (Å²) in [6.07, 6.45) is 1.32. The van der Waals surface area contributed by atoms with Gasteiger partial charge in [0.1, 0.15) is 0 Å². The van der Waals surface area contributed by atoms with Gasteiger partial charge in [0.15, 0.2) is 0 Å². The van der Waals surface area contributed by atoms with Crippen LogP contribution in [0.15, 0.2) is 54.6 Å². The molecule has 2 aliphatic rings. The number of ether oxygens (including phenoxy) is 1. The van der Waals surface area contributed by atoms with Crippen LogP contribution in [-0.4, -0.2) is 67.6 Å². The summed E-state index contributed by atoms with van der Waals surface area (Å²) >= 11 is 6.25. The second-order valence-corrected chi connectivity index (χ2v) is 8.97. The van der Waals surface area contributed by atoms with Crippen molar-refractivity contribution in [3.05, 3.63) is 70.7 Å². The van der Waals surface area contributed by atoms with Gasteiger partial charge in [0.25, 0.3) is 0 Å². The molecule has 0 radical (unpaired) electrons. The van der Waals surface area contributed by atoms with E-state index >= 15 is 0 Å². The molecule has 2 amide bonds. The molecule has 0 unspecified atom stereocenters. The molecule has 0 aliphatic carbocycles. The van der Waals surface area contributed by atoms with Crippen LogP contribution in [0.1, 0.15) is 24.0 Å². The van der Waals surface area contributed by atoms with Crippen LogP contribution in [0.3, 0.4) is 0 Å². The molecule has 4 rings (SSSR count). The zero-order valence-corrected chi connectivity index (χ0v) is 19.0. The Kier molecular flexibility index (Phi) is 7.45. The zero-order valence-electron chi connectivity index (χ0n) is 18.3. The fraction of sp³-hybridized carbons (Fsp3) is 0.440. The lowest BCUT2D eigenvalue weighted by atomic mass is 9.73. The van der Waals surface area contributed by atoms with E-state index in [0.717, 1.165) is 11.1 Å². The second kappa shape index (κ2) is 10.5. The summed E-state index contributed by atoms with van der Waals surface area (Å²) in [6.45, 7) is 4.63. The van der Waals surface area contributed by atoms with Gasteiger partial charge in [-0.05, 0) is 36.1 Å². The van der Waals surface area contributed by atoms with E-state index in [4.69, 9.17) is 16.3 Å².